The van der Waals surface area contributed by atoms with Gasteiger partial charge in [-0.05, 0) is 39.3 Å². The molecule has 190 valence electrons. The highest BCUT2D eigenvalue weighted by Crippen LogP contribution is 2.22. The minimum atomic E-state index is -4.37. The number of nitro groups is 1. The molecule has 0 unspecified atom stereocenters. The van der Waals surface area contributed by atoms with Crippen LogP contribution in [0.1, 0.15) is 33.3 Å². The lowest BCUT2D eigenvalue weighted by Crippen LogP contribution is -2.53. The monoisotopic (exact) mass is 507 g/mol. The summed E-state index contributed by atoms with van der Waals surface area (Å²) in [7, 11) is -4.37. The molecule has 11 nitrogen and oxygen atoms in total. The second-order valence-electron chi connectivity index (χ2n) is 8.64. The normalized spacial score (nSPS) is 13.5. The van der Waals surface area contributed by atoms with Crippen LogP contribution in [0, 0.1) is 10.1 Å². The van der Waals surface area contributed by atoms with Crippen molar-refractivity contribution < 1.29 is 32.4 Å². The number of sulfonamides is 1. The summed E-state index contributed by atoms with van der Waals surface area (Å²) in [5.41, 5.74) is -0.723. The first-order chi connectivity index (χ1) is 16.3. The number of hydrogen-bond donors (Lipinski definition) is 2. The Kier molecular flexibility index (Phi) is 9.46. The average Bonchev–Trinajstić information content (AvgIpc) is 2.79. The maximum Gasteiger partial charge on any atom is 0.325 e. The first kappa shape index (κ1) is 27.9. The van der Waals surface area contributed by atoms with Gasteiger partial charge in [-0.15, -0.1) is 0 Å². The lowest BCUT2D eigenvalue weighted by atomic mass is 10.2. The van der Waals surface area contributed by atoms with Crippen molar-refractivity contribution in [3.05, 3.63) is 70.3 Å². The molecule has 0 fully saturated rings. The molecule has 0 spiro atoms. The highest BCUT2D eigenvalue weighted by Gasteiger charge is 2.32. The van der Waals surface area contributed by atoms with Gasteiger partial charge in [-0.1, -0.05) is 42.5 Å². The number of rotatable bonds is 11. The van der Waals surface area contributed by atoms with Gasteiger partial charge < -0.3 is 9.47 Å². The SMILES string of the molecule is C[C@H](N[C@H](CNS(=O)(=O)c1ccccc1[N+](=O)[O-])C(=O)OC(C)(C)C)C(=O)OCc1ccccc1. The third-order valence-electron chi connectivity index (χ3n) is 4.55. The number of nitrogens with one attached hydrogen (secondary N) is 2. The van der Waals surface area contributed by atoms with Crippen LogP contribution in [0.2, 0.25) is 0 Å². The molecule has 2 aromatic carbocycles. The average molecular weight is 508 g/mol. The van der Waals surface area contributed by atoms with E-state index in [-0.39, 0.29) is 6.61 Å². The van der Waals surface area contributed by atoms with Crippen molar-refractivity contribution in [3.8, 4) is 0 Å². The molecular weight excluding hydrogens is 478 g/mol. The Hall–Kier alpha value is -3.35. The number of carbonyl (C=O) groups is 2. The third kappa shape index (κ3) is 8.74. The Balaban J connectivity index is 2.14. The fourth-order valence-electron chi connectivity index (χ4n) is 2.91. The van der Waals surface area contributed by atoms with E-state index in [1.165, 1.54) is 19.1 Å². The van der Waals surface area contributed by atoms with Gasteiger partial charge in [0.05, 0.1) is 4.92 Å². The molecule has 2 atom stereocenters. The van der Waals surface area contributed by atoms with Crippen molar-refractivity contribution in [2.24, 2.45) is 0 Å². The van der Waals surface area contributed by atoms with Gasteiger partial charge in [-0.25, -0.2) is 13.1 Å². The fraction of sp³-hybridized carbons (Fsp3) is 0.391. The van der Waals surface area contributed by atoms with Crippen LogP contribution >= 0.6 is 0 Å². The molecule has 0 aliphatic carbocycles. The van der Waals surface area contributed by atoms with Crippen LogP contribution in [0.4, 0.5) is 5.69 Å². The Morgan fingerprint density at radius 1 is 1.03 bits per heavy atom. The first-order valence-electron chi connectivity index (χ1n) is 10.7. The van der Waals surface area contributed by atoms with Crippen LogP contribution < -0.4 is 10.0 Å². The molecule has 0 bridgehead atoms. The molecule has 0 amide bonds. The molecule has 2 rings (SSSR count). The van der Waals surface area contributed by atoms with E-state index in [1.54, 1.807) is 45.0 Å². The highest BCUT2D eigenvalue weighted by atomic mass is 32.2. The van der Waals surface area contributed by atoms with Crippen molar-refractivity contribution in [2.75, 3.05) is 6.54 Å². The fourth-order valence-corrected chi connectivity index (χ4v) is 4.13. The predicted octanol–water partition coefficient (Wildman–Crippen LogP) is 2.30. The standard InChI is InChI=1S/C23H29N3O8S/c1-16(21(27)33-15-17-10-6-5-7-11-17)25-18(22(28)34-23(2,3)4)14-24-35(31,32)20-13-9-8-12-19(20)26(29)30/h5-13,16,18,24-25H,14-15H2,1-4H3/t16-,18+/m0/s1. The van der Waals surface area contributed by atoms with Gasteiger partial charge in [0.15, 0.2) is 4.90 Å². The second-order valence-corrected chi connectivity index (χ2v) is 10.4. The Morgan fingerprint density at radius 2 is 1.63 bits per heavy atom. The largest absolute Gasteiger partial charge is 0.460 e. The van der Waals surface area contributed by atoms with Crippen LogP contribution in [-0.4, -0.2) is 49.5 Å². The summed E-state index contributed by atoms with van der Waals surface area (Å²) in [6, 6.07) is 11.5. The van der Waals surface area contributed by atoms with Crippen LogP contribution in [0.5, 0.6) is 0 Å². The number of ether oxygens (including phenoxy) is 2. The van der Waals surface area contributed by atoms with Gasteiger partial charge in [-0.3, -0.25) is 25.0 Å². The van der Waals surface area contributed by atoms with Crippen molar-refractivity contribution in [1.29, 1.82) is 0 Å². The summed E-state index contributed by atoms with van der Waals surface area (Å²) in [6.07, 6.45) is 0. The van der Waals surface area contributed by atoms with Crippen LogP contribution in [0.25, 0.3) is 0 Å². The molecule has 2 aromatic rings. The maximum absolute atomic E-state index is 12.8. The minimum absolute atomic E-state index is 0.0209. The van der Waals surface area contributed by atoms with E-state index in [1.807, 2.05) is 6.07 Å². The summed E-state index contributed by atoms with van der Waals surface area (Å²) in [5.74, 6) is -1.48. The molecule has 0 aliphatic heterocycles. The summed E-state index contributed by atoms with van der Waals surface area (Å²) < 4.78 is 38.3. The zero-order valence-corrected chi connectivity index (χ0v) is 20.7. The van der Waals surface area contributed by atoms with E-state index in [0.717, 1.165) is 17.7 Å². The number of esters is 2. The molecule has 12 heteroatoms. The number of benzene rings is 2. The lowest BCUT2D eigenvalue weighted by molar-refractivity contribution is -0.387. The number of hydrogen-bond acceptors (Lipinski definition) is 9. The van der Waals surface area contributed by atoms with Crippen molar-refractivity contribution >= 4 is 27.6 Å². The zero-order valence-electron chi connectivity index (χ0n) is 19.9. The summed E-state index contributed by atoms with van der Waals surface area (Å²) >= 11 is 0. The number of para-hydroxylation sites is 1. The van der Waals surface area contributed by atoms with Gasteiger partial charge in [0.2, 0.25) is 10.0 Å². The second kappa shape index (κ2) is 11.9. The molecule has 2 N–H and O–H groups in total. The summed E-state index contributed by atoms with van der Waals surface area (Å²) in [6.45, 7) is 5.86. The number of nitrogens with zero attached hydrogens (tertiary/aromatic N) is 1. The molecule has 0 saturated carbocycles. The number of carbonyl (C=O) groups excluding carboxylic acids is 2. The Bertz CT molecular complexity index is 1150. The van der Waals surface area contributed by atoms with Gasteiger partial charge in [-0.2, -0.15) is 0 Å². The quantitative estimate of drug-likeness (QED) is 0.265. The highest BCUT2D eigenvalue weighted by molar-refractivity contribution is 7.89. The van der Waals surface area contributed by atoms with E-state index in [2.05, 4.69) is 10.0 Å². The molecule has 0 radical (unpaired) electrons. The molecule has 0 aromatic heterocycles. The predicted molar refractivity (Wildman–Crippen MR) is 127 cm³/mol. The molecule has 0 heterocycles. The molecule has 0 saturated heterocycles. The first-order valence-corrected chi connectivity index (χ1v) is 12.2. The van der Waals surface area contributed by atoms with Gasteiger partial charge in [0.25, 0.3) is 5.69 Å². The van der Waals surface area contributed by atoms with E-state index in [4.69, 9.17) is 9.47 Å². The van der Waals surface area contributed by atoms with Crippen molar-refractivity contribution in [2.45, 2.75) is 56.9 Å². The lowest BCUT2D eigenvalue weighted by Gasteiger charge is -2.26. The van der Waals surface area contributed by atoms with E-state index < -0.39 is 61.7 Å². The van der Waals surface area contributed by atoms with Gasteiger partial charge in [0, 0.05) is 12.6 Å². The number of nitro benzene ring substituents is 1. The van der Waals surface area contributed by atoms with E-state index in [0.29, 0.717) is 0 Å². The smallest absolute Gasteiger partial charge is 0.325 e. The zero-order chi connectivity index (χ0) is 26.2. The summed E-state index contributed by atoms with van der Waals surface area (Å²) in [5, 5.41) is 14.0. The van der Waals surface area contributed by atoms with E-state index >= 15 is 0 Å². The van der Waals surface area contributed by atoms with E-state index in [9.17, 15) is 28.1 Å². The van der Waals surface area contributed by atoms with Crippen molar-refractivity contribution in [3.63, 3.8) is 0 Å². The maximum atomic E-state index is 12.8. The van der Waals surface area contributed by atoms with Crippen LogP contribution in [0.15, 0.2) is 59.5 Å². The van der Waals surface area contributed by atoms with Gasteiger partial charge in [0.1, 0.15) is 24.3 Å². The minimum Gasteiger partial charge on any atom is -0.460 e. The molecule has 0 aliphatic rings. The Labute approximate surface area is 204 Å². The van der Waals surface area contributed by atoms with Gasteiger partial charge >= 0.3 is 11.9 Å². The van der Waals surface area contributed by atoms with Crippen molar-refractivity contribution in [1.82, 2.24) is 10.0 Å². The molecule has 35 heavy (non-hydrogen) atoms. The van der Waals surface area contributed by atoms with Crippen LogP contribution in [0.3, 0.4) is 0 Å². The third-order valence-corrected chi connectivity index (χ3v) is 6.02. The Morgan fingerprint density at radius 3 is 2.23 bits per heavy atom. The summed E-state index contributed by atoms with van der Waals surface area (Å²) in [4.78, 5) is 35.1. The topological polar surface area (TPSA) is 154 Å². The molecular formula is C23H29N3O8S. The van der Waals surface area contributed by atoms with Crippen LogP contribution in [-0.2, 0) is 35.7 Å².